The molecule has 178 valence electrons. The zero-order valence-electron chi connectivity index (χ0n) is 19.6. The molecule has 0 atom stereocenters. The van der Waals surface area contributed by atoms with Crippen LogP contribution in [0.25, 0.3) is 10.2 Å². The van der Waals surface area contributed by atoms with Gasteiger partial charge in [0, 0.05) is 18.7 Å². The summed E-state index contributed by atoms with van der Waals surface area (Å²) in [5.74, 6) is 0.0899. The molecule has 33 heavy (non-hydrogen) atoms. The molecule has 1 amide bonds. The van der Waals surface area contributed by atoms with Crippen LogP contribution in [-0.4, -0.2) is 62.2 Å². The van der Waals surface area contributed by atoms with E-state index in [1.807, 2.05) is 19.1 Å². The molecule has 1 heterocycles. The van der Waals surface area contributed by atoms with Crippen LogP contribution in [0.2, 0.25) is 0 Å². The highest BCUT2D eigenvalue weighted by Gasteiger charge is 2.23. The standard InChI is InChI=1S/C24H29N3O4S.ClH/c1-6-26(7-2)14-15-27(22(28)17-9-11-18(12-10-17)23(29)31-5)24-25-20-19(30-4)13-8-16(3)21(20)32-24;/h8-13H,6-7,14-15H2,1-5H3;1H. The van der Waals surface area contributed by atoms with Crippen molar-refractivity contribution in [2.45, 2.75) is 20.8 Å². The van der Waals surface area contributed by atoms with Crippen LogP contribution in [0.3, 0.4) is 0 Å². The van der Waals surface area contributed by atoms with E-state index >= 15 is 0 Å². The Kier molecular flexibility index (Phi) is 9.64. The maximum atomic E-state index is 13.5. The number of carbonyl (C=O) groups excluding carboxylic acids is 2. The Bertz CT molecular complexity index is 1100. The van der Waals surface area contributed by atoms with Gasteiger partial charge in [-0.05, 0) is 55.9 Å². The number of aromatic nitrogens is 1. The normalized spacial score (nSPS) is 10.7. The van der Waals surface area contributed by atoms with Crippen LogP contribution >= 0.6 is 23.7 Å². The molecule has 0 saturated carbocycles. The highest BCUT2D eigenvalue weighted by atomic mass is 35.5. The number of thiazole rings is 1. The van der Waals surface area contributed by atoms with Crippen LogP contribution in [0.15, 0.2) is 36.4 Å². The summed E-state index contributed by atoms with van der Waals surface area (Å²) >= 11 is 1.48. The van der Waals surface area contributed by atoms with Crippen molar-refractivity contribution in [2.24, 2.45) is 0 Å². The first-order valence-corrected chi connectivity index (χ1v) is 11.4. The number of rotatable bonds is 9. The van der Waals surface area contributed by atoms with Crippen molar-refractivity contribution in [3.63, 3.8) is 0 Å². The molecule has 0 radical (unpaired) electrons. The van der Waals surface area contributed by atoms with Crippen molar-refractivity contribution in [2.75, 3.05) is 45.3 Å². The van der Waals surface area contributed by atoms with E-state index in [4.69, 9.17) is 14.5 Å². The number of hydrogen-bond acceptors (Lipinski definition) is 7. The zero-order chi connectivity index (χ0) is 23.3. The fourth-order valence-electron chi connectivity index (χ4n) is 3.47. The lowest BCUT2D eigenvalue weighted by Gasteiger charge is -2.24. The van der Waals surface area contributed by atoms with Gasteiger partial charge < -0.3 is 14.4 Å². The topological polar surface area (TPSA) is 72.0 Å². The van der Waals surface area contributed by atoms with Crippen molar-refractivity contribution >= 4 is 51.0 Å². The highest BCUT2D eigenvalue weighted by Crippen LogP contribution is 2.36. The average molecular weight is 492 g/mol. The summed E-state index contributed by atoms with van der Waals surface area (Å²) in [5, 5.41) is 0.627. The maximum absolute atomic E-state index is 13.5. The Hall–Kier alpha value is -2.68. The molecule has 3 rings (SSSR count). The van der Waals surface area contributed by atoms with Crippen molar-refractivity contribution in [3.05, 3.63) is 53.1 Å². The number of fused-ring (bicyclic) bond motifs is 1. The zero-order valence-corrected chi connectivity index (χ0v) is 21.2. The summed E-state index contributed by atoms with van der Waals surface area (Å²) < 4.78 is 11.2. The SMILES string of the molecule is CCN(CC)CCN(C(=O)c1ccc(C(=O)OC)cc1)c1nc2c(OC)ccc(C)c2s1.Cl. The molecule has 0 fully saturated rings. The molecule has 2 aromatic carbocycles. The van der Waals surface area contributed by atoms with Crippen LogP contribution in [0.1, 0.15) is 40.1 Å². The van der Waals surface area contributed by atoms with Gasteiger partial charge in [-0.3, -0.25) is 9.69 Å². The average Bonchev–Trinajstić information content (AvgIpc) is 3.27. The van der Waals surface area contributed by atoms with Gasteiger partial charge >= 0.3 is 5.97 Å². The molecule has 3 aromatic rings. The predicted molar refractivity (Wildman–Crippen MR) is 135 cm³/mol. The molecule has 0 saturated heterocycles. The largest absolute Gasteiger partial charge is 0.494 e. The molecule has 0 aliphatic heterocycles. The number of amides is 1. The Balaban J connectivity index is 0.00000385. The first kappa shape index (κ1) is 26.6. The lowest BCUT2D eigenvalue weighted by Crippen LogP contribution is -2.38. The van der Waals surface area contributed by atoms with Gasteiger partial charge in [0.05, 0.1) is 24.5 Å². The highest BCUT2D eigenvalue weighted by molar-refractivity contribution is 7.22. The number of carbonyl (C=O) groups is 2. The summed E-state index contributed by atoms with van der Waals surface area (Å²) in [4.78, 5) is 34.0. The van der Waals surface area contributed by atoms with Gasteiger partial charge in [0.2, 0.25) is 0 Å². The van der Waals surface area contributed by atoms with Crippen molar-refractivity contribution in [1.29, 1.82) is 0 Å². The van der Waals surface area contributed by atoms with Gasteiger partial charge in [-0.1, -0.05) is 31.3 Å². The fourth-order valence-corrected chi connectivity index (χ4v) is 4.54. The smallest absolute Gasteiger partial charge is 0.337 e. The maximum Gasteiger partial charge on any atom is 0.337 e. The Morgan fingerprint density at radius 2 is 1.61 bits per heavy atom. The number of anilines is 1. The number of hydrogen-bond donors (Lipinski definition) is 0. The molecular formula is C24H30ClN3O4S. The minimum atomic E-state index is -0.434. The summed E-state index contributed by atoms with van der Waals surface area (Å²) in [7, 11) is 2.95. The number of ether oxygens (including phenoxy) is 2. The molecule has 0 aliphatic rings. The van der Waals surface area contributed by atoms with E-state index in [1.165, 1.54) is 18.4 Å². The van der Waals surface area contributed by atoms with Crippen LogP contribution in [-0.2, 0) is 4.74 Å². The van der Waals surface area contributed by atoms with Gasteiger partial charge in [-0.2, -0.15) is 0 Å². The van der Waals surface area contributed by atoms with Gasteiger partial charge in [-0.15, -0.1) is 12.4 Å². The fraction of sp³-hybridized carbons (Fsp3) is 0.375. The molecule has 0 N–H and O–H groups in total. The van der Waals surface area contributed by atoms with E-state index in [-0.39, 0.29) is 18.3 Å². The Morgan fingerprint density at radius 1 is 0.970 bits per heavy atom. The van der Waals surface area contributed by atoms with Crippen molar-refractivity contribution in [1.82, 2.24) is 9.88 Å². The summed E-state index contributed by atoms with van der Waals surface area (Å²) in [6.07, 6.45) is 0. The third-order valence-electron chi connectivity index (χ3n) is 5.48. The van der Waals surface area contributed by atoms with Crippen molar-refractivity contribution < 1.29 is 19.1 Å². The second-order valence-corrected chi connectivity index (χ2v) is 8.29. The van der Waals surface area contributed by atoms with E-state index in [0.717, 1.165) is 35.4 Å². The van der Waals surface area contributed by atoms with E-state index < -0.39 is 5.97 Å². The van der Waals surface area contributed by atoms with Crippen LogP contribution in [0, 0.1) is 6.92 Å². The minimum absolute atomic E-state index is 0. The van der Waals surface area contributed by atoms with E-state index in [0.29, 0.717) is 28.6 Å². The second-order valence-electron chi connectivity index (χ2n) is 7.31. The summed E-state index contributed by atoms with van der Waals surface area (Å²) in [6, 6.07) is 10.4. The van der Waals surface area contributed by atoms with Gasteiger partial charge in [0.25, 0.3) is 5.91 Å². The number of methoxy groups -OCH3 is 2. The number of nitrogens with zero attached hydrogens (tertiary/aromatic N) is 3. The summed E-state index contributed by atoms with van der Waals surface area (Å²) in [6.45, 7) is 9.27. The predicted octanol–water partition coefficient (Wildman–Crippen LogP) is 4.81. The van der Waals surface area contributed by atoms with Crippen molar-refractivity contribution in [3.8, 4) is 5.75 Å². The number of benzene rings is 2. The Labute approximate surface area is 204 Å². The van der Waals surface area contributed by atoms with Crippen LogP contribution in [0.5, 0.6) is 5.75 Å². The van der Waals surface area contributed by atoms with Gasteiger partial charge in [0.1, 0.15) is 11.3 Å². The third-order valence-corrected chi connectivity index (χ3v) is 6.69. The lowest BCUT2D eigenvalue weighted by molar-refractivity contribution is 0.0600. The van der Waals surface area contributed by atoms with E-state index in [9.17, 15) is 9.59 Å². The number of halogens is 1. The number of esters is 1. The summed E-state index contributed by atoms with van der Waals surface area (Å²) in [5.41, 5.74) is 2.73. The van der Waals surface area contributed by atoms with E-state index in [1.54, 1.807) is 36.3 Å². The number of aryl methyl sites for hydroxylation is 1. The second kappa shape index (κ2) is 12.0. The van der Waals surface area contributed by atoms with E-state index in [2.05, 4.69) is 18.7 Å². The molecule has 9 heteroatoms. The molecule has 1 aromatic heterocycles. The van der Waals surface area contributed by atoms with Gasteiger partial charge in [0.15, 0.2) is 5.13 Å². The molecule has 0 aliphatic carbocycles. The van der Waals surface area contributed by atoms with Crippen LogP contribution < -0.4 is 9.64 Å². The molecule has 0 bridgehead atoms. The quantitative estimate of drug-likeness (QED) is 0.400. The minimum Gasteiger partial charge on any atom is -0.494 e. The first-order valence-electron chi connectivity index (χ1n) is 10.6. The molecular weight excluding hydrogens is 462 g/mol. The first-order chi connectivity index (χ1) is 15.4. The third kappa shape index (κ3) is 5.82. The number of likely N-dealkylation sites (N-methyl/N-ethyl adjacent to an activating group) is 1. The van der Waals surface area contributed by atoms with Crippen LogP contribution in [0.4, 0.5) is 5.13 Å². The molecule has 7 nitrogen and oxygen atoms in total. The Morgan fingerprint density at radius 3 is 2.18 bits per heavy atom. The monoisotopic (exact) mass is 491 g/mol. The van der Waals surface area contributed by atoms with Gasteiger partial charge in [-0.25, -0.2) is 9.78 Å². The molecule has 0 spiro atoms. The lowest BCUT2D eigenvalue weighted by atomic mass is 10.1. The molecule has 0 unspecified atom stereocenters.